The van der Waals surface area contributed by atoms with Gasteiger partial charge in [0.25, 0.3) is 0 Å². The number of benzene rings is 2. The zero-order valence-corrected chi connectivity index (χ0v) is 20.6. The summed E-state index contributed by atoms with van der Waals surface area (Å²) in [5.41, 5.74) is 2.21. The van der Waals surface area contributed by atoms with Crippen LogP contribution in [-0.4, -0.2) is 28.3 Å². The number of aromatic nitrogens is 1. The van der Waals surface area contributed by atoms with Crippen LogP contribution < -0.4 is 4.52 Å². The molecule has 1 heterocycles. The van der Waals surface area contributed by atoms with Gasteiger partial charge >= 0.3 is 8.53 Å². The molecule has 1 aromatic heterocycles. The van der Waals surface area contributed by atoms with Gasteiger partial charge in [0.05, 0.1) is 30.3 Å². The Morgan fingerprint density at radius 3 is 2.41 bits per heavy atom. The third-order valence-electron chi connectivity index (χ3n) is 4.84. The number of nitriles is 2. The van der Waals surface area contributed by atoms with Crippen molar-refractivity contribution >= 4 is 30.8 Å². The minimum atomic E-state index is -1.47. The Hall–Kier alpha value is -3.42. The lowest BCUT2D eigenvalue weighted by atomic mass is 10.1. The molecular weight excluding hydrogens is 447 g/mol. The lowest BCUT2D eigenvalue weighted by Gasteiger charge is -2.35. The lowest BCUT2D eigenvalue weighted by molar-refractivity contribution is 0.220. The topological polar surface area (TPSA) is 107 Å². The molecule has 0 saturated carbocycles. The van der Waals surface area contributed by atoms with E-state index in [-0.39, 0.29) is 25.1 Å². The minimum absolute atomic E-state index is 0.181. The molecule has 0 aliphatic rings. The van der Waals surface area contributed by atoms with Crippen LogP contribution in [0.25, 0.3) is 10.9 Å². The molecule has 1 unspecified atom stereocenters. The molecule has 2 aromatic carbocycles. The molecule has 0 amide bonds. The Morgan fingerprint density at radius 2 is 1.71 bits per heavy atom. The molecule has 0 saturated heterocycles. The average Bonchev–Trinajstić information content (AvgIpc) is 2.83. The van der Waals surface area contributed by atoms with Crippen LogP contribution in [0.5, 0.6) is 5.75 Å². The van der Waals surface area contributed by atoms with Crippen LogP contribution in [0.15, 0.2) is 65.0 Å². The summed E-state index contributed by atoms with van der Waals surface area (Å²) < 4.78 is 14.6. The predicted octanol–water partition coefficient (Wildman–Crippen LogP) is 7.18. The van der Waals surface area contributed by atoms with Gasteiger partial charge in [0.2, 0.25) is 0 Å². The molecule has 0 aliphatic heterocycles. The number of hydrogen-bond acceptors (Lipinski definition) is 8. The standard InChI is InChI=1S/C25H27N6O2P/c1-18(2)31(19(3)4)34(32-16-8-14-26)33-24-13-12-23(21-10-7-15-28-25(21)24)30-29-22-11-6-5-9-20(22)17-27/h5-7,9-13,15,18-19H,8,16H2,1-4H3. The Morgan fingerprint density at radius 1 is 0.971 bits per heavy atom. The monoisotopic (exact) mass is 474 g/mol. The smallest absolute Gasteiger partial charge is 0.321 e. The fourth-order valence-electron chi connectivity index (χ4n) is 3.42. The highest BCUT2D eigenvalue weighted by Gasteiger charge is 2.29. The fraction of sp³-hybridized carbons (Fsp3) is 0.320. The van der Waals surface area contributed by atoms with Gasteiger partial charge in [0.1, 0.15) is 17.3 Å². The van der Waals surface area contributed by atoms with E-state index in [1.807, 2.05) is 30.3 Å². The Labute approximate surface area is 201 Å². The summed E-state index contributed by atoms with van der Waals surface area (Å²) >= 11 is 0. The van der Waals surface area contributed by atoms with Crippen molar-refractivity contribution in [2.75, 3.05) is 6.61 Å². The molecule has 0 aliphatic carbocycles. The summed E-state index contributed by atoms with van der Waals surface area (Å²) in [5.74, 6) is 0.571. The highest BCUT2D eigenvalue weighted by molar-refractivity contribution is 7.45. The van der Waals surface area contributed by atoms with E-state index in [1.165, 1.54) is 0 Å². The van der Waals surface area contributed by atoms with Gasteiger partial charge in [-0.05, 0) is 64.1 Å². The van der Waals surface area contributed by atoms with Gasteiger partial charge in [-0.1, -0.05) is 12.1 Å². The van der Waals surface area contributed by atoms with E-state index in [2.05, 4.69) is 59.7 Å². The number of hydrogen-bond donors (Lipinski definition) is 0. The first-order valence-corrected chi connectivity index (χ1v) is 12.1. The van der Waals surface area contributed by atoms with Gasteiger partial charge in [-0.2, -0.15) is 10.5 Å². The first-order valence-electron chi connectivity index (χ1n) is 11.0. The molecule has 1 atom stereocenters. The lowest BCUT2D eigenvalue weighted by Crippen LogP contribution is -2.34. The maximum absolute atomic E-state index is 9.30. The highest BCUT2D eigenvalue weighted by atomic mass is 31.2. The Kier molecular flexibility index (Phi) is 9.01. The van der Waals surface area contributed by atoms with Crippen LogP contribution >= 0.6 is 8.53 Å². The van der Waals surface area contributed by atoms with Crippen LogP contribution in [0.1, 0.15) is 39.7 Å². The van der Waals surface area contributed by atoms with Crippen molar-refractivity contribution in [1.29, 1.82) is 10.5 Å². The summed E-state index contributed by atoms with van der Waals surface area (Å²) in [4.78, 5) is 4.53. The summed E-state index contributed by atoms with van der Waals surface area (Å²) in [6.07, 6.45) is 1.98. The summed E-state index contributed by atoms with van der Waals surface area (Å²) in [6, 6.07) is 19.0. The average molecular weight is 475 g/mol. The normalized spacial score (nSPS) is 12.4. The molecule has 0 bridgehead atoms. The van der Waals surface area contributed by atoms with E-state index in [9.17, 15) is 5.26 Å². The van der Waals surface area contributed by atoms with Gasteiger partial charge in [0.15, 0.2) is 5.75 Å². The largest absolute Gasteiger partial charge is 0.433 e. The number of nitrogens with zero attached hydrogens (tertiary/aromatic N) is 6. The highest BCUT2D eigenvalue weighted by Crippen LogP contribution is 2.48. The molecule has 0 spiro atoms. The second-order valence-corrected chi connectivity index (χ2v) is 9.33. The van der Waals surface area contributed by atoms with E-state index < -0.39 is 8.53 Å². The zero-order valence-electron chi connectivity index (χ0n) is 19.7. The third kappa shape index (κ3) is 6.12. The first kappa shape index (κ1) is 25.2. The molecule has 0 radical (unpaired) electrons. The van der Waals surface area contributed by atoms with E-state index in [0.29, 0.717) is 28.2 Å². The van der Waals surface area contributed by atoms with E-state index in [4.69, 9.17) is 14.3 Å². The van der Waals surface area contributed by atoms with Crippen molar-refractivity contribution in [2.45, 2.75) is 46.2 Å². The second-order valence-electron chi connectivity index (χ2n) is 7.95. The van der Waals surface area contributed by atoms with E-state index >= 15 is 0 Å². The van der Waals surface area contributed by atoms with Crippen molar-refractivity contribution in [2.24, 2.45) is 10.2 Å². The van der Waals surface area contributed by atoms with E-state index in [0.717, 1.165) is 5.39 Å². The molecule has 8 nitrogen and oxygen atoms in total. The maximum atomic E-state index is 9.30. The molecular formula is C25H27N6O2P. The summed E-state index contributed by atoms with van der Waals surface area (Å²) in [6.45, 7) is 8.64. The van der Waals surface area contributed by atoms with Crippen molar-refractivity contribution in [3.63, 3.8) is 0 Å². The zero-order chi connectivity index (χ0) is 24.5. The van der Waals surface area contributed by atoms with Crippen molar-refractivity contribution in [3.05, 3.63) is 60.3 Å². The van der Waals surface area contributed by atoms with Crippen molar-refractivity contribution in [1.82, 2.24) is 9.65 Å². The molecule has 9 heteroatoms. The molecule has 0 fully saturated rings. The van der Waals surface area contributed by atoms with Crippen molar-refractivity contribution in [3.8, 4) is 17.9 Å². The maximum Gasteiger partial charge on any atom is 0.321 e. The van der Waals surface area contributed by atoms with Crippen LogP contribution in [-0.2, 0) is 4.52 Å². The second kappa shape index (κ2) is 12.2. The summed E-state index contributed by atoms with van der Waals surface area (Å²) in [5, 5.41) is 27.7. The van der Waals surface area contributed by atoms with Crippen LogP contribution in [0.3, 0.4) is 0 Å². The number of azo groups is 1. The van der Waals surface area contributed by atoms with E-state index in [1.54, 1.807) is 24.4 Å². The molecule has 3 rings (SSSR count). The minimum Gasteiger partial charge on any atom is -0.433 e. The summed E-state index contributed by atoms with van der Waals surface area (Å²) in [7, 11) is -1.47. The predicted molar refractivity (Wildman–Crippen MR) is 133 cm³/mol. The van der Waals surface area contributed by atoms with Crippen LogP contribution in [0, 0.1) is 22.7 Å². The van der Waals surface area contributed by atoms with Crippen molar-refractivity contribution < 1.29 is 9.05 Å². The molecule has 3 aromatic rings. The third-order valence-corrected chi connectivity index (χ3v) is 6.90. The van der Waals surface area contributed by atoms with Crippen LogP contribution in [0.4, 0.5) is 11.4 Å². The van der Waals surface area contributed by atoms with Crippen LogP contribution in [0.2, 0.25) is 0 Å². The fourth-order valence-corrected chi connectivity index (χ4v) is 5.02. The molecule has 34 heavy (non-hydrogen) atoms. The number of pyridine rings is 1. The van der Waals surface area contributed by atoms with Gasteiger partial charge in [-0.25, -0.2) is 4.67 Å². The molecule has 174 valence electrons. The van der Waals surface area contributed by atoms with Gasteiger partial charge < -0.3 is 9.05 Å². The van der Waals surface area contributed by atoms with Gasteiger partial charge in [-0.15, -0.1) is 10.2 Å². The Bertz CT molecular complexity index is 1220. The first-order chi connectivity index (χ1) is 16.5. The Balaban J connectivity index is 1.98. The van der Waals surface area contributed by atoms with Gasteiger partial charge in [0, 0.05) is 23.7 Å². The number of fused-ring (bicyclic) bond motifs is 1. The SMILES string of the molecule is CC(C)N(C(C)C)P(OCCC#N)Oc1ccc(N=Nc2ccccc2C#N)c2cccnc12. The van der Waals surface area contributed by atoms with Gasteiger partial charge in [-0.3, -0.25) is 4.98 Å². The quantitative estimate of drug-likeness (QED) is 0.175. The molecule has 0 N–H and O–H groups in total. The number of rotatable bonds is 10.